The molecule has 1 rings (SSSR count). The van der Waals surface area contributed by atoms with Crippen LogP contribution in [0.15, 0.2) is 10.3 Å². The van der Waals surface area contributed by atoms with Crippen molar-refractivity contribution >= 4 is 21.4 Å². The van der Waals surface area contributed by atoms with Crippen molar-refractivity contribution in [1.82, 2.24) is 4.72 Å². The summed E-state index contributed by atoms with van der Waals surface area (Å²) in [7, 11) is -3.57. The Kier molecular flexibility index (Phi) is 5.74. The minimum atomic E-state index is -3.57. The molecule has 7 heteroatoms. The third-order valence-corrected chi connectivity index (χ3v) is 5.16. The second-order valence-electron chi connectivity index (χ2n) is 4.15. The van der Waals surface area contributed by atoms with Crippen molar-refractivity contribution in [3.63, 3.8) is 0 Å². The van der Waals surface area contributed by atoms with E-state index in [-0.39, 0.29) is 24.2 Å². The van der Waals surface area contributed by atoms with Gasteiger partial charge in [0.1, 0.15) is 4.90 Å². The van der Waals surface area contributed by atoms with Gasteiger partial charge in [0.25, 0.3) is 0 Å². The molecule has 0 aliphatic carbocycles. The van der Waals surface area contributed by atoms with E-state index in [2.05, 4.69) is 4.72 Å². The van der Waals surface area contributed by atoms with Gasteiger partial charge in [-0.3, -0.25) is 0 Å². The second-order valence-corrected chi connectivity index (χ2v) is 6.81. The number of thiophene rings is 1. The van der Waals surface area contributed by atoms with Gasteiger partial charge in [0, 0.05) is 6.54 Å². The maximum Gasteiger partial charge on any atom is 0.242 e. The van der Waals surface area contributed by atoms with Crippen LogP contribution < -0.4 is 4.72 Å². The van der Waals surface area contributed by atoms with Gasteiger partial charge in [-0.2, -0.15) is 0 Å². The first-order valence-corrected chi connectivity index (χ1v) is 8.04. The zero-order chi connectivity index (χ0) is 13.8. The van der Waals surface area contributed by atoms with Crippen LogP contribution in [0.25, 0.3) is 0 Å². The highest BCUT2D eigenvalue weighted by Gasteiger charge is 2.22. The van der Waals surface area contributed by atoms with Crippen LogP contribution in [0.4, 0.5) is 0 Å². The Hall–Kier alpha value is -0.470. The number of hydrogen-bond acceptors (Lipinski definition) is 5. The second kappa shape index (κ2) is 6.63. The summed E-state index contributed by atoms with van der Waals surface area (Å²) in [6, 6.07) is 0. The minimum Gasteiger partial charge on any atom is -0.391 e. The molecule has 0 saturated carbocycles. The molecule has 0 spiro atoms. The number of aryl methyl sites for hydroxylation is 1. The molecule has 18 heavy (non-hydrogen) atoms. The van der Waals surface area contributed by atoms with Crippen molar-refractivity contribution < 1.29 is 18.3 Å². The van der Waals surface area contributed by atoms with Crippen LogP contribution in [0.3, 0.4) is 0 Å². The number of aliphatic hydroxyl groups is 1. The largest absolute Gasteiger partial charge is 0.391 e. The zero-order valence-electron chi connectivity index (χ0n) is 10.8. The predicted molar refractivity (Wildman–Crippen MR) is 71.3 cm³/mol. The lowest BCUT2D eigenvalue weighted by Gasteiger charge is -2.10. The molecule has 1 heterocycles. The van der Waals surface area contributed by atoms with Gasteiger partial charge in [-0.1, -0.05) is 0 Å². The van der Waals surface area contributed by atoms with E-state index in [0.717, 1.165) is 0 Å². The Morgan fingerprint density at radius 1 is 1.50 bits per heavy atom. The summed E-state index contributed by atoms with van der Waals surface area (Å²) >= 11 is 1.25. The lowest BCUT2D eigenvalue weighted by atomic mass is 10.3. The molecular formula is C11H19NO4S2. The molecule has 1 aromatic heterocycles. The third kappa shape index (κ3) is 4.03. The molecule has 0 unspecified atom stereocenters. The van der Waals surface area contributed by atoms with Crippen LogP contribution in [0.2, 0.25) is 0 Å². The zero-order valence-corrected chi connectivity index (χ0v) is 12.4. The summed E-state index contributed by atoms with van der Waals surface area (Å²) < 4.78 is 31.9. The average Bonchev–Trinajstić information content (AvgIpc) is 2.66. The van der Waals surface area contributed by atoms with E-state index in [0.29, 0.717) is 17.0 Å². The monoisotopic (exact) mass is 293 g/mol. The van der Waals surface area contributed by atoms with Crippen LogP contribution in [-0.4, -0.2) is 32.8 Å². The molecule has 2 N–H and O–H groups in total. The number of rotatable bonds is 7. The standard InChI is InChI=1S/C11H19NO4S2/c1-8(2)16-5-4-12-18(14,15)11-9(3)7-17-10(11)6-13/h7-8,12-13H,4-6H2,1-3H3. The molecule has 5 nitrogen and oxygen atoms in total. The molecule has 0 aromatic carbocycles. The fourth-order valence-electron chi connectivity index (χ4n) is 1.50. The number of sulfonamides is 1. The summed E-state index contributed by atoms with van der Waals surface area (Å²) in [5, 5.41) is 10.9. The van der Waals surface area contributed by atoms with Gasteiger partial charge in [-0.25, -0.2) is 13.1 Å². The third-order valence-electron chi connectivity index (χ3n) is 2.25. The number of nitrogens with one attached hydrogen (secondary N) is 1. The Bertz CT molecular complexity index is 479. The van der Waals surface area contributed by atoms with E-state index in [4.69, 9.17) is 9.84 Å². The lowest BCUT2D eigenvalue weighted by molar-refractivity contribution is 0.0834. The number of aliphatic hydroxyl groups excluding tert-OH is 1. The maximum atomic E-state index is 12.1. The Morgan fingerprint density at radius 2 is 2.17 bits per heavy atom. The molecule has 0 aliphatic rings. The van der Waals surface area contributed by atoms with Crippen LogP contribution in [0.1, 0.15) is 24.3 Å². The van der Waals surface area contributed by atoms with Crippen LogP contribution in [0.5, 0.6) is 0 Å². The van der Waals surface area contributed by atoms with Gasteiger partial charge in [-0.05, 0) is 31.7 Å². The van der Waals surface area contributed by atoms with Crippen molar-refractivity contribution in [2.24, 2.45) is 0 Å². The van der Waals surface area contributed by atoms with Gasteiger partial charge in [-0.15, -0.1) is 11.3 Å². The molecule has 0 aliphatic heterocycles. The quantitative estimate of drug-likeness (QED) is 0.742. The van der Waals surface area contributed by atoms with Gasteiger partial charge >= 0.3 is 0 Å². The van der Waals surface area contributed by atoms with Crippen LogP contribution >= 0.6 is 11.3 Å². The first kappa shape index (κ1) is 15.6. The van der Waals surface area contributed by atoms with E-state index < -0.39 is 10.0 Å². The fraction of sp³-hybridized carbons (Fsp3) is 0.636. The van der Waals surface area contributed by atoms with E-state index in [1.165, 1.54) is 11.3 Å². The summed E-state index contributed by atoms with van der Waals surface area (Å²) in [5.41, 5.74) is 0.654. The molecule has 0 atom stereocenters. The summed E-state index contributed by atoms with van der Waals surface area (Å²) in [6.07, 6.45) is 0.0744. The van der Waals surface area contributed by atoms with Gasteiger partial charge in [0.05, 0.1) is 24.2 Å². The van der Waals surface area contributed by atoms with E-state index in [1.54, 1.807) is 12.3 Å². The fourth-order valence-corrected chi connectivity index (χ4v) is 4.17. The molecule has 0 saturated heterocycles. The maximum absolute atomic E-state index is 12.1. The normalized spacial score (nSPS) is 12.3. The molecular weight excluding hydrogens is 274 g/mol. The SMILES string of the molecule is Cc1csc(CO)c1S(=O)(=O)NCCOC(C)C. The minimum absolute atomic E-state index is 0.0744. The number of ether oxygens (including phenoxy) is 1. The Balaban J connectivity index is 2.71. The van der Waals surface area contributed by atoms with E-state index in [1.807, 2.05) is 13.8 Å². The molecule has 1 aromatic rings. The smallest absolute Gasteiger partial charge is 0.242 e. The van der Waals surface area contributed by atoms with E-state index in [9.17, 15) is 8.42 Å². The molecule has 104 valence electrons. The lowest BCUT2D eigenvalue weighted by Crippen LogP contribution is -2.29. The molecule has 0 radical (unpaired) electrons. The highest BCUT2D eigenvalue weighted by molar-refractivity contribution is 7.89. The van der Waals surface area contributed by atoms with Gasteiger partial charge < -0.3 is 9.84 Å². The topological polar surface area (TPSA) is 75.6 Å². The summed E-state index contributed by atoms with van der Waals surface area (Å²) in [5.74, 6) is 0. The highest BCUT2D eigenvalue weighted by atomic mass is 32.2. The Labute approximate surface area is 112 Å². The summed E-state index contributed by atoms with van der Waals surface area (Å²) in [4.78, 5) is 0.657. The first-order valence-electron chi connectivity index (χ1n) is 5.67. The van der Waals surface area contributed by atoms with Crippen LogP contribution in [-0.2, 0) is 21.4 Å². The van der Waals surface area contributed by atoms with Crippen molar-refractivity contribution in [2.45, 2.75) is 38.4 Å². The van der Waals surface area contributed by atoms with Crippen molar-refractivity contribution in [2.75, 3.05) is 13.2 Å². The van der Waals surface area contributed by atoms with Gasteiger partial charge in [0.2, 0.25) is 10.0 Å². The molecule has 0 fully saturated rings. The number of hydrogen-bond donors (Lipinski definition) is 2. The average molecular weight is 293 g/mol. The van der Waals surface area contributed by atoms with Crippen molar-refractivity contribution in [3.8, 4) is 0 Å². The van der Waals surface area contributed by atoms with E-state index >= 15 is 0 Å². The highest BCUT2D eigenvalue weighted by Crippen LogP contribution is 2.26. The summed E-state index contributed by atoms with van der Waals surface area (Å²) in [6.45, 7) is 5.78. The first-order chi connectivity index (χ1) is 8.38. The molecule has 0 amide bonds. The van der Waals surface area contributed by atoms with Gasteiger partial charge in [0.15, 0.2) is 0 Å². The van der Waals surface area contributed by atoms with Crippen molar-refractivity contribution in [3.05, 3.63) is 15.8 Å². The Morgan fingerprint density at radius 3 is 2.72 bits per heavy atom. The van der Waals surface area contributed by atoms with Crippen molar-refractivity contribution in [1.29, 1.82) is 0 Å². The van der Waals surface area contributed by atoms with Crippen LogP contribution in [0, 0.1) is 6.92 Å². The molecule has 0 bridgehead atoms. The predicted octanol–water partition coefficient (Wildman–Crippen LogP) is 1.25.